The summed E-state index contributed by atoms with van der Waals surface area (Å²) in [7, 11) is 5.86. The van der Waals surface area contributed by atoms with Crippen LogP contribution in [0.2, 0.25) is 0 Å². The molecule has 1 fully saturated rings. The molecule has 0 radical (unpaired) electrons. The molecular formula is C19H30N2O2. The fraction of sp³-hybridized carbons (Fsp3) is 0.632. The molecule has 4 heteroatoms. The molecule has 1 heterocycles. The number of hydrogen-bond acceptors (Lipinski definition) is 3. The van der Waals surface area contributed by atoms with Gasteiger partial charge in [-0.1, -0.05) is 39.0 Å². The summed E-state index contributed by atoms with van der Waals surface area (Å²) in [4.78, 5) is 17.3. The Morgan fingerprint density at radius 3 is 2.52 bits per heavy atom. The van der Waals surface area contributed by atoms with E-state index in [1.807, 2.05) is 43.0 Å². The number of nitrogens with zero attached hydrogens (tertiary/aromatic N) is 2. The number of hydrogen-bond donors (Lipinski definition) is 0. The molecule has 0 N–H and O–H groups in total. The van der Waals surface area contributed by atoms with E-state index in [-0.39, 0.29) is 5.91 Å². The van der Waals surface area contributed by atoms with E-state index in [0.29, 0.717) is 18.4 Å². The summed E-state index contributed by atoms with van der Waals surface area (Å²) in [5.41, 5.74) is 0.653. The lowest BCUT2D eigenvalue weighted by Gasteiger charge is -2.30. The van der Waals surface area contributed by atoms with Crippen LogP contribution < -0.4 is 4.74 Å². The molecule has 2 rings (SSSR count). The van der Waals surface area contributed by atoms with Crippen LogP contribution >= 0.6 is 0 Å². The highest BCUT2D eigenvalue weighted by Crippen LogP contribution is 2.32. The Morgan fingerprint density at radius 2 is 1.96 bits per heavy atom. The Bertz CT molecular complexity index is 554. The first-order valence-corrected chi connectivity index (χ1v) is 8.34. The van der Waals surface area contributed by atoms with Crippen LogP contribution in [-0.2, 0) is 11.2 Å². The van der Waals surface area contributed by atoms with Crippen molar-refractivity contribution in [2.24, 2.45) is 11.3 Å². The van der Waals surface area contributed by atoms with Crippen molar-refractivity contribution in [2.45, 2.75) is 33.2 Å². The Morgan fingerprint density at radius 1 is 1.30 bits per heavy atom. The van der Waals surface area contributed by atoms with Gasteiger partial charge in [-0.2, -0.15) is 0 Å². The molecule has 2 atom stereocenters. The number of para-hydroxylation sites is 1. The largest absolute Gasteiger partial charge is 0.496 e. The van der Waals surface area contributed by atoms with Gasteiger partial charge in [0.25, 0.3) is 0 Å². The topological polar surface area (TPSA) is 32.8 Å². The summed E-state index contributed by atoms with van der Waals surface area (Å²) in [5.74, 6) is 1.60. The van der Waals surface area contributed by atoms with Crippen molar-refractivity contribution >= 4 is 5.91 Å². The van der Waals surface area contributed by atoms with E-state index in [1.165, 1.54) is 0 Å². The van der Waals surface area contributed by atoms with Crippen molar-refractivity contribution < 1.29 is 9.53 Å². The minimum Gasteiger partial charge on any atom is -0.496 e. The van der Waals surface area contributed by atoms with Crippen molar-refractivity contribution in [3.05, 3.63) is 29.8 Å². The minimum atomic E-state index is -0.435. The highest BCUT2D eigenvalue weighted by Gasteiger charge is 2.39. The predicted octanol–water partition coefficient (Wildman–Crippen LogP) is 2.67. The van der Waals surface area contributed by atoms with Crippen LogP contribution in [0.3, 0.4) is 0 Å². The van der Waals surface area contributed by atoms with Gasteiger partial charge in [0.05, 0.1) is 7.11 Å². The smallest absolute Gasteiger partial charge is 0.228 e. The van der Waals surface area contributed by atoms with Crippen LogP contribution in [0, 0.1) is 11.3 Å². The molecule has 0 aliphatic carbocycles. The van der Waals surface area contributed by atoms with Gasteiger partial charge < -0.3 is 14.5 Å². The fourth-order valence-corrected chi connectivity index (χ4v) is 3.62. The monoisotopic (exact) mass is 318 g/mol. The number of rotatable bonds is 5. The van der Waals surface area contributed by atoms with Gasteiger partial charge in [0, 0.05) is 24.5 Å². The quantitative estimate of drug-likeness (QED) is 0.837. The summed E-state index contributed by atoms with van der Waals surface area (Å²) >= 11 is 0. The van der Waals surface area contributed by atoms with Crippen LogP contribution in [0.25, 0.3) is 0 Å². The van der Waals surface area contributed by atoms with Crippen molar-refractivity contribution in [2.75, 3.05) is 34.3 Å². The van der Waals surface area contributed by atoms with Crippen molar-refractivity contribution in [3.8, 4) is 5.75 Å². The first kappa shape index (κ1) is 17.8. The third-order valence-electron chi connectivity index (χ3n) is 4.93. The average molecular weight is 318 g/mol. The number of amides is 1. The molecule has 1 saturated heterocycles. The van der Waals surface area contributed by atoms with Crippen LogP contribution in [0.1, 0.15) is 26.3 Å². The number of carbonyl (C=O) groups is 1. The lowest BCUT2D eigenvalue weighted by Crippen LogP contribution is -2.42. The zero-order valence-electron chi connectivity index (χ0n) is 15.3. The molecule has 23 heavy (non-hydrogen) atoms. The normalized spacial score (nSPS) is 21.8. The van der Waals surface area contributed by atoms with Gasteiger partial charge in [-0.15, -0.1) is 0 Å². The standard InChI is InChI=1S/C19H30N2O2/c1-14-12-21(13-16(14)20(4)5)18(22)19(2,3)11-15-9-7-8-10-17(15)23-6/h7-10,14,16H,11-13H2,1-6H3. The second-order valence-electron chi connectivity index (χ2n) is 7.59. The highest BCUT2D eigenvalue weighted by molar-refractivity contribution is 5.82. The molecule has 1 aliphatic rings. The Labute approximate surface area is 140 Å². The number of ether oxygens (including phenoxy) is 1. The number of carbonyl (C=O) groups excluding carboxylic acids is 1. The molecule has 1 aromatic carbocycles. The number of benzene rings is 1. The molecule has 128 valence electrons. The Kier molecular flexibility index (Phi) is 5.35. The van der Waals surface area contributed by atoms with Crippen LogP contribution in [0.5, 0.6) is 5.75 Å². The lowest BCUT2D eigenvalue weighted by molar-refractivity contribution is -0.139. The van der Waals surface area contributed by atoms with Gasteiger partial charge in [0.2, 0.25) is 5.91 Å². The molecular weight excluding hydrogens is 288 g/mol. The molecule has 0 saturated carbocycles. The average Bonchev–Trinajstić information content (AvgIpc) is 2.88. The van der Waals surface area contributed by atoms with Gasteiger partial charge in [0.1, 0.15) is 5.75 Å². The van der Waals surface area contributed by atoms with Crippen molar-refractivity contribution in [1.82, 2.24) is 9.80 Å². The second-order valence-corrected chi connectivity index (χ2v) is 7.59. The van der Waals surface area contributed by atoms with Crippen LogP contribution in [-0.4, -0.2) is 56.0 Å². The Hall–Kier alpha value is -1.55. The SMILES string of the molecule is COc1ccccc1CC(C)(C)C(=O)N1CC(C)C(N(C)C)C1. The number of methoxy groups -OCH3 is 1. The van der Waals surface area contributed by atoms with Gasteiger partial charge in [-0.05, 0) is 38.1 Å². The minimum absolute atomic E-state index is 0.236. The Balaban J connectivity index is 2.12. The summed E-state index contributed by atoms with van der Waals surface area (Å²) in [5, 5.41) is 0. The van der Waals surface area contributed by atoms with E-state index in [1.54, 1.807) is 7.11 Å². The fourth-order valence-electron chi connectivity index (χ4n) is 3.62. The second kappa shape index (κ2) is 6.91. The van der Waals surface area contributed by atoms with Crippen LogP contribution in [0.4, 0.5) is 0 Å². The molecule has 0 bridgehead atoms. The van der Waals surface area contributed by atoms with E-state index >= 15 is 0 Å². The number of likely N-dealkylation sites (N-methyl/N-ethyl adjacent to an activating group) is 1. The molecule has 1 aliphatic heterocycles. The highest BCUT2D eigenvalue weighted by atomic mass is 16.5. The van der Waals surface area contributed by atoms with Crippen LogP contribution in [0.15, 0.2) is 24.3 Å². The van der Waals surface area contributed by atoms with E-state index in [9.17, 15) is 4.79 Å². The van der Waals surface area contributed by atoms with Gasteiger partial charge in [-0.3, -0.25) is 4.79 Å². The molecule has 4 nitrogen and oxygen atoms in total. The molecule has 2 unspecified atom stereocenters. The molecule has 1 amide bonds. The molecule has 1 aromatic rings. The first-order chi connectivity index (χ1) is 10.8. The van der Waals surface area contributed by atoms with Crippen molar-refractivity contribution in [3.63, 3.8) is 0 Å². The van der Waals surface area contributed by atoms with E-state index in [2.05, 4.69) is 25.9 Å². The summed E-state index contributed by atoms with van der Waals surface area (Å²) in [6.45, 7) is 7.97. The zero-order valence-corrected chi connectivity index (χ0v) is 15.3. The van der Waals surface area contributed by atoms with Gasteiger partial charge in [0.15, 0.2) is 0 Å². The van der Waals surface area contributed by atoms with E-state index < -0.39 is 5.41 Å². The predicted molar refractivity (Wildman–Crippen MR) is 93.7 cm³/mol. The third kappa shape index (κ3) is 3.86. The zero-order chi connectivity index (χ0) is 17.2. The van der Waals surface area contributed by atoms with Gasteiger partial charge >= 0.3 is 0 Å². The molecule has 0 spiro atoms. The summed E-state index contributed by atoms with van der Waals surface area (Å²) in [6.07, 6.45) is 0.688. The van der Waals surface area contributed by atoms with E-state index in [0.717, 1.165) is 24.4 Å². The lowest BCUT2D eigenvalue weighted by atomic mass is 9.84. The third-order valence-corrected chi connectivity index (χ3v) is 4.93. The maximum absolute atomic E-state index is 13.1. The number of likely N-dealkylation sites (tertiary alicyclic amines) is 1. The first-order valence-electron chi connectivity index (χ1n) is 8.34. The van der Waals surface area contributed by atoms with Gasteiger partial charge in [-0.25, -0.2) is 0 Å². The summed E-state index contributed by atoms with van der Waals surface area (Å²) < 4.78 is 5.43. The van der Waals surface area contributed by atoms with E-state index in [4.69, 9.17) is 4.74 Å². The summed E-state index contributed by atoms with van der Waals surface area (Å²) in [6, 6.07) is 8.40. The maximum atomic E-state index is 13.1. The molecule has 0 aromatic heterocycles. The van der Waals surface area contributed by atoms with Crippen molar-refractivity contribution in [1.29, 1.82) is 0 Å². The maximum Gasteiger partial charge on any atom is 0.228 e.